The summed E-state index contributed by atoms with van der Waals surface area (Å²) in [4.78, 5) is 19.3. The number of H-pyrrole nitrogens is 1. The second kappa shape index (κ2) is 8.60. The SMILES string of the molecule is CC(C)(C)c1ccc(Oc2ccc(-c3cc(-c4ccccc4)[nH]c(=O)c3)cn2)c(Cl)c1F. The maximum Gasteiger partial charge on any atom is 0.249 e. The van der Waals surface area contributed by atoms with Crippen LogP contribution in [0.5, 0.6) is 11.6 Å². The quantitative estimate of drug-likeness (QED) is 0.366. The molecule has 0 spiro atoms. The van der Waals surface area contributed by atoms with Crippen molar-refractivity contribution in [1.82, 2.24) is 9.97 Å². The molecule has 0 saturated heterocycles. The van der Waals surface area contributed by atoms with Gasteiger partial charge in [-0.25, -0.2) is 9.37 Å². The van der Waals surface area contributed by atoms with E-state index in [-0.39, 0.29) is 27.6 Å². The molecule has 0 atom stereocenters. The Morgan fingerprint density at radius 1 is 0.938 bits per heavy atom. The van der Waals surface area contributed by atoms with Crippen LogP contribution >= 0.6 is 11.6 Å². The zero-order valence-corrected chi connectivity index (χ0v) is 18.7. The van der Waals surface area contributed by atoms with E-state index in [0.717, 1.165) is 22.4 Å². The van der Waals surface area contributed by atoms with Crippen molar-refractivity contribution in [2.75, 3.05) is 0 Å². The van der Waals surface area contributed by atoms with Gasteiger partial charge in [-0.05, 0) is 40.3 Å². The fourth-order valence-electron chi connectivity index (χ4n) is 3.40. The molecule has 2 aromatic heterocycles. The van der Waals surface area contributed by atoms with Crippen LogP contribution in [0.1, 0.15) is 26.3 Å². The summed E-state index contributed by atoms with van der Waals surface area (Å²) in [5, 5.41) is -0.0783. The van der Waals surface area contributed by atoms with Crippen LogP contribution in [-0.2, 0) is 5.41 Å². The lowest BCUT2D eigenvalue weighted by molar-refractivity contribution is 0.453. The summed E-state index contributed by atoms with van der Waals surface area (Å²) in [6.45, 7) is 5.75. The molecule has 2 heterocycles. The fraction of sp³-hybridized carbons (Fsp3) is 0.154. The van der Waals surface area contributed by atoms with Crippen LogP contribution in [0.4, 0.5) is 4.39 Å². The monoisotopic (exact) mass is 448 g/mol. The van der Waals surface area contributed by atoms with Gasteiger partial charge < -0.3 is 9.72 Å². The molecule has 4 aromatic rings. The molecule has 4 nitrogen and oxygen atoms in total. The maximum absolute atomic E-state index is 14.7. The summed E-state index contributed by atoms with van der Waals surface area (Å²) in [6, 6.07) is 19.8. The summed E-state index contributed by atoms with van der Waals surface area (Å²) in [7, 11) is 0. The fourth-order valence-corrected chi connectivity index (χ4v) is 3.60. The van der Waals surface area contributed by atoms with Crippen molar-refractivity contribution in [1.29, 1.82) is 0 Å². The molecular formula is C26H22ClFN2O2. The Balaban J connectivity index is 1.61. The normalized spacial score (nSPS) is 11.4. The molecule has 0 aliphatic heterocycles. The predicted molar refractivity (Wildman–Crippen MR) is 126 cm³/mol. The van der Waals surface area contributed by atoms with Gasteiger partial charge in [-0.15, -0.1) is 0 Å². The molecule has 0 saturated carbocycles. The Morgan fingerprint density at radius 3 is 2.34 bits per heavy atom. The topological polar surface area (TPSA) is 55.0 Å². The Bertz CT molecular complexity index is 1310. The number of pyridine rings is 2. The van der Waals surface area contributed by atoms with E-state index in [1.807, 2.05) is 57.2 Å². The molecule has 1 N–H and O–H groups in total. The van der Waals surface area contributed by atoms with Crippen molar-refractivity contribution in [3.63, 3.8) is 0 Å². The molecule has 0 fully saturated rings. The Hall–Kier alpha value is -3.44. The standard InChI is InChI=1S/C26H22ClFN2O2/c1-26(2,3)19-10-11-21(24(27)25(19)28)32-23-12-9-17(15-29-23)18-13-20(30-22(31)14-18)16-7-5-4-6-8-16/h4-15H,1-3H3,(H,30,31). The summed E-state index contributed by atoms with van der Waals surface area (Å²) in [5.74, 6) is -0.0307. The second-order valence-electron chi connectivity index (χ2n) is 8.49. The summed E-state index contributed by atoms with van der Waals surface area (Å²) < 4.78 is 20.4. The van der Waals surface area contributed by atoms with Gasteiger partial charge in [0.2, 0.25) is 11.4 Å². The Kier molecular flexibility index (Phi) is 5.85. The van der Waals surface area contributed by atoms with Crippen LogP contribution in [0.3, 0.4) is 0 Å². The Labute approximate surface area is 190 Å². The zero-order chi connectivity index (χ0) is 22.9. The highest BCUT2D eigenvalue weighted by Crippen LogP contribution is 2.37. The van der Waals surface area contributed by atoms with Gasteiger partial charge in [-0.3, -0.25) is 4.79 Å². The number of aromatic amines is 1. The molecule has 32 heavy (non-hydrogen) atoms. The molecule has 162 valence electrons. The first-order valence-electron chi connectivity index (χ1n) is 10.1. The van der Waals surface area contributed by atoms with Crippen LogP contribution in [0.25, 0.3) is 22.4 Å². The summed E-state index contributed by atoms with van der Waals surface area (Å²) >= 11 is 6.21. The van der Waals surface area contributed by atoms with Crippen LogP contribution in [0.15, 0.2) is 77.7 Å². The first-order chi connectivity index (χ1) is 15.2. The van der Waals surface area contributed by atoms with E-state index in [1.165, 1.54) is 6.07 Å². The number of benzene rings is 2. The molecule has 4 rings (SSSR count). The first-order valence-corrected chi connectivity index (χ1v) is 10.5. The number of nitrogens with one attached hydrogen (secondary N) is 1. The second-order valence-corrected chi connectivity index (χ2v) is 8.87. The first kappa shape index (κ1) is 21.8. The molecule has 0 radical (unpaired) electrons. The van der Waals surface area contributed by atoms with Gasteiger partial charge in [0.1, 0.15) is 10.8 Å². The van der Waals surface area contributed by atoms with E-state index in [4.69, 9.17) is 16.3 Å². The van der Waals surface area contributed by atoms with E-state index < -0.39 is 5.82 Å². The minimum atomic E-state index is -0.495. The van der Waals surface area contributed by atoms with Crippen LogP contribution in [0, 0.1) is 5.82 Å². The number of hydrogen-bond acceptors (Lipinski definition) is 3. The average Bonchev–Trinajstić information content (AvgIpc) is 2.77. The van der Waals surface area contributed by atoms with Crippen molar-refractivity contribution in [2.45, 2.75) is 26.2 Å². The highest BCUT2D eigenvalue weighted by molar-refractivity contribution is 6.32. The molecule has 2 aromatic carbocycles. The molecular weight excluding hydrogens is 427 g/mol. The number of hydrogen-bond donors (Lipinski definition) is 1. The number of ether oxygens (including phenoxy) is 1. The van der Waals surface area contributed by atoms with Gasteiger partial charge >= 0.3 is 0 Å². The van der Waals surface area contributed by atoms with Crippen molar-refractivity contribution >= 4 is 11.6 Å². The van der Waals surface area contributed by atoms with Gasteiger partial charge in [0.05, 0.1) is 0 Å². The third kappa shape index (κ3) is 4.58. The van der Waals surface area contributed by atoms with E-state index >= 15 is 0 Å². The van der Waals surface area contributed by atoms with Crippen LogP contribution in [-0.4, -0.2) is 9.97 Å². The lowest BCUT2D eigenvalue weighted by atomic mass is 9.86. The van der Waals surface area contributed by atoms with Crippen molar-refractivity contribution in [3.8, 4) is 34.0 Å². The molecule has 0 amide bonds. The molecule has 6 heteroatoms. The van der Waals surface area contributed by atoms with Crippen molar-refractivity contribution < 1.29 is 9.13 Å². The number of rotatable bonds is 4. The smallest absolute Gasteiger partial charge is 0.249 e. The predicted octanol–water partition coefficient (Wildman–Crippen LogP) is 6.99. The average molecular weight is 449 g/mol. The largest absolute Gasteiger partial charge is 0.437 e. The number of aromatic nitrogens is 2. The van der Waals surface area contributed by atoms with E-state index in [1.54, 1.807) is 30.5 Å². The third-order valence-corrected chi connectivity index (χ3v) is 5.42. The summed E-state index contributed by atoms with van der Waals surface area (Å²) in [5.41, 5.74) is 3.04. The molecule has 0 unspecified atom stereocenters. The molecule has 0 aliphatic carbocycles. The zero-order valence-electron chi connectivity index (χ0n) is 17.9. The minimum absolute atomic E-state index is 0.0783. The number of nitrogens with zero attached hydrogens (tertiary/aromatic N) is 1. The van der Waals surface area contributed by atoms with Gasteiger partial charge in [0.15, 0.2) is 5.75 Å². The lowest BCUT2D eigenvalue weighted by Crippen LogP contribution is -2.13. The minimum Gasteiger partial charge on any atom is -0.437 e. The lowest BCUT2D eigenvalue weighted by Gasteiger charge is -2.21. The van der Waals surface area contributed by atoms with Crippen LogP contribution < -0.4 is 10.3 Å². The summed E-state index contributed by atoms with van der Waals surface area (Å²) in [6.07, 6.45) is 1.60. The van der Waals surface area contributed by atoms with Gasteiger partial charge in [-0.2, -0.15) is 0 Å². The maximum atomic E-state index is 14.7. The van der Waals surface area contributed by atoms with Gasteiger partial charge in [0.25, 0.3) is 0 Å². The van der Waals surface area contributed by atoms with Crippen molar-refractivity contribution in [3.05, 3.63) is 99.7 Å². The van der Waals surface area contributed by atoms with Gasteiger partial charge in [0, 0.05) is 29.6 Å². The van der Waals surface area contributed by atoms with Crippen LogP contribution in [0.2, 0.25) is 5.02 Å². The van der Waals surface area contributed by atoms with E-state index in [0.29, 0.717) is 5.56 Å². The van der Waals surface area contributed by atoms with Gasteiger partial charge in [-0.1, -0.05) is 68.8 Å². The Morgan fingerprint density at radius 2 is 1.69 bits per heavy atom. The van der Waals surface area contributed by atoms with E-state index in [2.05, 4.69) is 9.97 Å². The molecule has 0 bridgehead atoms. The number of halogens is 2. The van der Waals surface area contributed by atoms with Crippen molar-refractivity contribution in [2.24, 2.45) is 0 Å². The third-order valence-electron chi connectivity index (χ3n) is 5.07. The highest BCUT2D eigenvalue weighted by atomic mass is 35.5. The highest BCUT2D eigenvalue weighted by Gasteiger charge is 2.22. The van der Waals surface area contributed by atoms with E-state index in [9.17, 15) is 9.18 Å². The molecule has 0 aliphatic rings.